The van der Waals surface area contributed by atoms with Crippen molar-refractivity contribution in [3.63, 3.8) is 0 Å². The third-order valence-electron chi connectivity index (χ3n) is 2.59. The maximum absolute atomic E-state index is 10.7. The molecule has 98 valence electrons. The van der Waals surface area contributed by atoms with Crippen molar-refractivity contribution in [1.82, 2.24) is 0 Å². The highest BCUT2D eigenvalue weighted by molar-refractivity contribution is 6.35. The van der Waals surface area contributed by atoms with Crippen LogP contribution in [0.5, 0.6) is 0 Å². The van der Waals surface area contributed by atoms with Crippen molar-refractivity contribution in [2.24, 2.45) is 0 Å². The monoisotopic (exact) mass is 314 g/mol. The molecule has 2 aromatic rings. The van der Waals surface area contributed by atoms with Gasteiger partial charge in [-0.25, -0.2) is 0 Å². The largest absolute Gasteiger partial charge is 0.481 e. The fourth-order valence-electron chi connectivity index (χ4n) is 1.75. The zero-order valence-corrected chi connectivity index (χ0v) is 11.9. The molecule has 0 saturated heterocycles. The van der Waals surface area contributed by atoms with Crippen LogP contribution in [0.2, 0.25) is 15.1 Å². The summed E-state index contributed by atoms with van der Waals surface area (Å²) in [5, 5.41) is 10.2. The van der Waals surface area contributed by atoms with Gasteiger partial charge in [0.1, 0.15) is 0 Å². The first-order valence-corrected chi connectivity index (χ1v) is 6.56. The van der Waals surface area contributed by atoms with Gasteiger partial charge in [-0.05, 0) is 41.0 Å². The number of hydrogen-bond donors (Lipinski definition) is 1. The van der Waals surface area contributed by atoms with E-state index in [4.69, 9.17) is 39.9 Å². The molecule has 0 radical (unpaired) electrons. The lowest BCUT2D eigenvalue weighted by molar-refractivity contribution is -0.136. The zero-order chi connectivity index (χ0) is 14.0. The minimum Gasteiger partial charge on any atom is -0.481 e. The van der Waals surface area contributed by atoms with E-state index in [1.54, 1.807) is 36.4 Å². The highest BCUT2D eigenvalue weighted by Gasteiger charge is 2.08. The molecule has 0 aliphatic rings. The Morgan fingerprint density at radius 1 is 0.947 bits per heavy atom. The van der Waals surface area contributed by atoms with Gasteiger partial charge in [-0.1, -0.05) is 46.9 Å². The quantitative estimate of drug-likeness (QED) is 0.871. The molecular weight excluding hydrogens is 307 g/mol. The second-order valence-corrected chi connectivity index (χ2v) is 5.31. The Morgan fingerprint density at radius 2 is 1.58 bits per heavy atom. The van der Waals surface area contributed by atoms with Crippen molar-refractivity contribution in [1.29, 1.82) is 0 Å². The van der Waals surface area contributed by atoms with E-state index in [0.717, 1.165) is 11.1 Å². The van der Waals surface area contributed by atoms with E-state index in [-0.39, 0.29) is 6.42 Å². The standard InChI is InChI=1S/C14H9Cl3O2/c15-11-3-10(4-12(16)7-11)8-1-2-9(6-14(18)19)13(17)5-8/h1-5,7H,6H2,(H,18,19). The van der Waals surface area contributed by atoms with Crippen LogP contribution in [0, 0.1) is 0 Å². The number of halogens is 3. The zero-order valence-electron chi connectivity index (χ0n) is 9.66. The minimum absolute atomic E-state index is 0.102. The maximum Gasteiger partial charge on any atom is 0.307 e. The van der Waals surface area contributed by atoms with E-state index in [9.17, 15) is 4.79 Å². The smallest absolute Gasteiger partial charge is 0.307 e. The molecule has 1 N–H and O–H groups in total. The summed E-state index contributed by atoms with van der Waals surface area (Å²) in [5.74, 6) is -0.916. The Bertz CT molecular complexity index is 618. The second-order valence-electron chi connectivity index (χ2n) is 4.03. The summed E-state index contributed by atoms with van der Waals surface area (Å²) in [5.41, 5.74) is 2.25. The van der Waals surface area contributed by atoms with Crippen molar-refractivity contribution in [2.75, 3.05) is 0 Å². The Hall–Kier alpha value is -1.22. The Labute approximate surface area is 125 Å². The second kappa shape index (κ2) is 5.83. The summed E-state index contributed by atoms with van der Waals surface area (Å²) in [6.45, 7) is 0. The number of benzene rings is 2. The van der Waals surface area contributed by atoms with E-state index >= 15 is 0 Å². The van der Waals surface area contributed by atoms with Crippen LogP contribution in [0.1, 0.15) is 5.56 Å². The van der Waals surface area contributed by atoms with E-state index < -0.39 is 5.97 Å². The molecule has 0 heterocycles. The molecule has 19 heavy (non-hydrogen) atoms. The van der Waals surface area contributed by atoms with Crippen LogP contribution in [0.25, 0.3) is 11.1 Å². The van der Waals surface area contributed by atoms with Gasteiger partial charge >= 0.3 is 5.97 Å². The third kappa shape index (κ3) is 3.63. The average molecular weight is 316 g/mol. The van der Waals surface area contributed by atoms with Crippen LogP contribution in [0.4, 0.5) is 0 Å². The first kappa shape index (κ1) is 14.2. The molecule has 0 fully saturated rings. The lowest BCUT2D eigenvalue weighted by Crippen LogP contribution is -2.00. The summed E-state index contributed by atoms with van der Waals surface area (Å²) in [6, 6.07) is 10.4. The Balaban J connectivity index is 2.41. The van der Waals surface area contributed by atoms with E-state index in [1.165, 1.54) is 0 Å². The highest BCUT2D eigenvalue weighted by Crippen LogP contribution is 2.30. The number of carboxylic acid groups (broad SMARTS) is 1. The molecule has 2 nitrogen and oxygen atoms in total. The molecule has 2 aromatic carbocycles. The first-order chi connectivity index (χ1) is 8.95. The highest BCUT2D eigenvalue weighted by atomic mass is 35.5. The third-order valence-corrected chi connectivity index (χ3v) is 3.38. The molecule has 0 atom stereocenters. The summed E-state index contributed by atoms with van der Waals surface area (Å²) in [4.78, 5) is 10.7. The molecule has 5 heteroatoms. The van der Waals surface area contributed by atoms with Gasteiger partial charge in [0.05, 0.1) is 6.42 Å². The fourth-order valence-corrected chi connectivity index (χ4v) is 2.53. The molecule has 0 bridgehead atoms. The van der Waals surface area contributed by atoms with Gasteiger partial charge in [-0.2, -0.15) is 0 Å². The normalized spacial score (nSPS) is 10.5. The molecule has 0 unspecified atom stereocenters. The van der Waals surface area contributed by atoms with Gasteiger partial charge in [-0.3, -0.25) is 4.79 Å². The summed E-state index contributed by atoms with van der Waals surface area (Å²) in [6.07, 6.45) is -0.102. The first-order valence-electron chi connectivity index (χ1n) is 5.42. The molecule has 0 aliphatic heterocycles. The molecule has 0 amide bonds. The molecule has 0 spiro atoms. The number of aliphatic carboxylic acids is 1. The van der Waals surface area contributed by atoms with Gasteiger partial charge in [0, 0.05) is 15.1 Å². The maximum atomic E-state index is 10.7. The van der Waals surface area contributed by atoms with Crippen molar-refractivity contribution in [3.8, 4) is 11.1 Å². The van der Waals surface area contributed by atoms with Crippen molar-refractivity contribution in [2.45, 2.75) is 6.42 Å². The SMILES string of the molecule is O=C(O)Cc1ccc(-c2cc(Cl)cc(Cl)c2)cc1Cl. The van der Waals surface area contributed by atoms with E-state index in [1.807, 2.05) is 0 Å². The fraction of sp³-hybridized carbons (Fsp3) is 0.0714. The van der Waals surface area contributed by atoms with Gasteiger partial charge in [0.15, 0.2) is 0 Å². The van der Waals surface area contributed by atoms with Crippen LogP contribution in [0.15, 0.2) is 36.4 Å². The van der Waals surface area contributed by atoms with E-state index in [2.05, 4.69) is 0 Å². The Kier molecular flexibility index (Phi) is 4.35. The minimum atomic E-state index is -0.916. The Morgan fingerprint density at radius 3 is 2.11 bits per heavy atom. The van der Waals surface area contributed by atoms with Crippen LogP contribution in [-0.4, -0.2) is 11.1 Å². The van der Waals surface area contributed by atoms with Gasteiger partial charge in [-0.15, -0.1) is 0 Å². The number of carboxylic acids is 1. The molecule has 2 rings (SSSR count). The predicted molar refractivity (Wildman–Crippen MR) is 78.2 cm³/mol. The summed E-state index contributed by atoms with van der Waals surface area (Å²) < 4.78 is 0. The lowest BCUT2D eigenvalue weighted by Gasteiger charge is -2.07. The molecule has 0 saturated carbocycles. The average Bonchev–Trinajstić information content (AvgIpc) is 2.30. The van der Waals surface area contributed by atoms with Crippen LogP contribution in [0.3, 0.4) is 0 Å². The summed E-state index contributed by atoms with van der Waals surface area (Å²) >= 11 is 18.0. The topological polar surface area (TPSA) is 37.3 Å². The van der Waals surface area contributed by atoms with Gasteiger partial charge in [0.2, 0.25) is 0 Å². The van der Waals surface area contributed by atoms with Gasteiger partial charge in [0.25, 0.3) is 0 Å². The lowest BCUT2D eigenvalue weighted by atomic mass is 10.0. The van der Waals surface area contributed by atoms with Crippen molar-refractivity contribution in [3.05, 3.63) is 57.0 Å². The van der Waals surface area contributed by atoms with Crippen LogP contribution < -0.4 is 0 Å². The van der Waals surface area contributed by atoms with Crippen molar-refractivity contribution >= 4 is 40.8 Å². The molecule has 0 aliphatic carbocycles. The van der Waals surface area contributed by atoms with Crippen LogP contribution in [-0.2, 0) is 11.2 Å². The summed E-state index contributed by atoms with van der Waals surface area (Å²) in [7, 11) is 0. The van der Waals surface area contributed by atoms with Gasteiger partial charge < -0.3 is 5.11 Å². The number of hydrogen-bond acceptors (Lipinski definition) is 1. The van der Waals surface area contributed by atoms with E-state index in [0.29, 0.717) is 20.6 Å². The number of carbonyl (C=O) groups is 1. The van der Waals surface area contributed by atoms with Crippen LogP contribution >= 0.6 is 34.8 Å². The number of rotatable bonds is 3. The molecule has 0 aromatic heterocycles. The molecular formula is C14H9Cl3O2. The predicted octanol–water partition coefficient (Wildman–Crippen LogP) is 4.94. The van der Waals surface area contributed by atoms with Crippen molar-refractivity contribution < 1.29 is 9.90 Å².